The Kier molecular flexibility index (Phi) is 4.25. The van der Waals surface area contributed by atoms with Gasteiger partial charge in [-0.25, -0.2) is 0 Å². The van der Waals surface area contributed by atoms with Crippen LogP contribution in [0.1, 0.15) is 5.56 Å². The van der Waals surface area contributed by atoms with E-state index in [1.165, 1.54) is 5.56 Å². The Bertz CT molecular complexity index is 276. The zero-order chi connectivity index (χ0) is 9.68. The number of benzene rings is 1. The molecule has 0 saturated carbocycles. The lowest BCUT2D eigenvalue weighted by Crippen LogP contribution is -2.08. The summed E-state index contributed by atoms with van der Waals surface area (Å²) in [5.41, 5.74) is 2.36. The molecule has 3 heteroatoms. The fraction of sp³-hybridized carbons (Fsp3) is 0.400. The van der Waals surface area contributed by atoms with E-state index in [1.54, 1.807) is 7.11 Å². The zero-order valence-corrected chi connectivity index (χ0v) is 9.52. The van der Waals surface area contributed by atoms with Crippen molar-refractivity contribution in [3.63, 3.8) is 0 Å². The number of halogens is 1. The lowest BCUT2D eigenvalue weighted by Gasteiger charge is -2.09. The van der Waals surface area contributed by atoms with Crippen LogP contribution in [-0.4, -0.2) is 20.3 Å². The van der Waals surface area contributed by atoms with Gasteiger partial charge in [0.15, 0.2) is 0 Å². The van der Waals surface area contributed by atoms with Gasteiger partial charge in [0.25, 0.3) is 0 Å². The second-order valence-electron chi connectivity index (χ2n) is 2.86. The van der Waals surface area contributed by atoms with Crippen molar-refractivity contribution < 1.29 is 4.74 Å². The molecule has 0 aliphatic carbocycles. The third-order valence-corrected chi connectivity index (χ3v) is 2.87. The van der Waals surface area contributed by atoms with E-state index in [2.05, 4.69) is 34.2 Å². The predicted octanol–water partition coefficient (Wildman–Crippen LogP) is 2.82. The molecule has 0 atom stereocenters. The van der Waals surface area contributed by atoms with Gasteiger partial charge >= 0.3 is 0 Å². The first kappa shape index (κ1) is 10.5. The number of hydrogen-bond acceptors (Lipinski definition) is 2. The van der Waals surface area contributed by atoms with E-state index in [1.807, 2.05) is 12.1 Å². The average molecular weight is 244 g/mol. The fourth-order valence-electron chi connectivity index (χ4n) is 1.07. The standard InChI is InChI=1S/C10H14BrNO/c1-8-4-3-5-9(10(8)11)12-6-7-13-2/h3-5,12H,6-7H2,1-2H3. The Labute approximate surface area is 87.4 Å². The van der Waals surface area contributed by atoms with Crippen molar-refractivity contribution in [2.75, 3.05) is 25.6 Å². The molecule has 0 radical (unpaired) electrons. The summed E-state index contributed by atoms with van der Waals surface area (Å²) >= 11 is 3.53. The predicted molar refractivity (Wildman–Crippen MR) is 59.2 cm³/mol. The Balaban J connectivity index is 2.61. The molecular formula is C10H14BrNO. The number of rotatable bonds is 4. The maximum Gasteiger partial charge on any atom is 0.0635 e. The van der Waals surface area contributed by atoms with Crippen molar-refractivity contribution >= 4 is 21.6 Å². The van der Waals surface area contributed by atoms with E-state index < -0.39 is 0 Å². The first-order valence-electron chi connectivity index (χ1n) is 4.23. The van der Waals surface area contributed by atoms with Crippen molar-refractivity contribution in [1.29, 1.82) is 0 Å². The summed E-state index contributed by atoms with van der Waals surface area (Å²) in [4.78, 5) is 0. The molecule has 0 bridgehead atoms. The first-order valence-corrected chi connectivity index (χ1v) is 5.03. The lowest BCUT2D eigenvalue weighted by molar-refractivity contribution is 0.211. The first-order chi connectivity index (χ1) is 6.25. The summed E-state index contributed by atoms with van der Waals surface area (Å²) in [6.07, 6.45) is 0. The molecule has 0 unspecified atom stereocenters. The van der Waals surface area contributed by atoms with Crippen LogP contribution in [0.15, 0.2) is 22.7 Å². The molecule has 1 aromatic carbocycles. The summed E-state index contributed by atoms with van der Waals surface area (Å²) < 4.78 is 6.09. The van der Waals surface area contributed by atoms with Crippen LogP contribution in [-0.2, 0) is 4.74 Å². The molecular weight excluding hydrogens is 230 g/mol. The summed E-state index contributed by atoms with van der Waals surface area (Å²) in [6.45, 7) is 3.63. The van der Waals surface area contributed by atoms with Gasteiger partial charge in [0.05, 0.1) is 6.61 Å². The summed E-state index contributed by atoms with van der Waals surface area (Å²) in [5, 5.41) is 3.28. The van der Waals surface area contributed by atoms with Crippen molar-refractivity contribution in [1.82, 2.24) is 0 Å². The minimum Gasteiger partial charge on any atom is -0.383 e. The van der Waals surface area contributed by atoms with Crippen LogP contribution in [0, 0.1) is 6.92 Å². The quantitative estimate of drug-likeness (QED) is 0.822. The Morgan fingerprint density at radius 3 is 2.92 bits per heavy atom. The molecule has 0 fully saturated rings. The van der Waals surface area contributed by atoms with Gasteiger partial charge in [0.2, 0.25) is 0 Å². The molecule has 13 heavy (non-hydrogen) atoms. The Morgan fingerprint density at radius 1 is 1.46 bits per heavy atom. The minimum absolute atomic E-state index is 0.723. The van der Waals surface area contributed by atoms with Gasteiger partial charge in [-0.05, 0) is 34.5 Å². The molecule has 1 aromatic rings. The molecule has 0 saturated heterocycles. The van der Waals surface area contributed by atoms with Crippen molar-refractivity contribution in [2.45, 2.75) is 6.92 Å². The van der Waals surface area contributed by atoms with Gasteiger partial charge < -0.3 is 10.1 Å². The van der Waals surface area contributed by atoms with Crippen molar-refractivity contribution in [3.05, 3.63) is 28.2 Å². The topological polar surface area (TPSA) is 21.3 Å². The number of nitrogens with one attached hydrogen (secondary N) is 1. The lowest BCUT2D eigenvalue weighted by atomic mass is 10.2. The highest BCUT2D eigenvalue weighted by Gasteiger charge is 1.99. The van der Waals surface area contributed by atoms with Crippen LogP contribution in [0.4, 0.5) is 5.69 Å². The van der Waals surface area contributed by atoms with Crippen LogP contribution in [0.2, 0.25) is 0 Å². The number of methoxy groups -OCH3 is 1. The van der Waals surface area contributed by atoms with Crippen LogP contribution in [0.5, 0.6) is 0 Å². The van der Waals surface area contributed by atoms with E-state index >= 15 is 0 Å². The van der Waals surface area contributed by atoms with Gasteiger partial charge in [0, 0.05) is 23.8 Å². The monoisotopic (exact) mass is 243 g/mol. The Morgan fingerprint density at radius 2 is 2.23 bits per heavy atom. The largest absolute Gasteiger partial charge is 0.383 e. The van der Waals surface area contributed by atoms with E-state index in [0.29, 0.717) is 0 Å². The molecule has 0 amide bonds. The van der Waals surface area contributed by atoms with E-state index in [4.69, 9.17) is 4.74 Å². The molecule has 0 aromatic heterocycles. The smallest absolute Gasteiger partial charge is 0.0635 e. The highest BCUT2D eigenvalue weighted by molar-refractivity contribution is 9.10. The molecule has 0 aliphatic heterocycles. The molecule has 0 heterocycles. The fourth-order valence-corrected chi connectivity index (χ4v) is 1.48. The van der Waals surface area contributed by atoms with E-state index in [-0.39, 0.29) is 0 Å². The third kappa shape index (κ3) is 3.01. The zero-order valence-electron chi connectivity index (χ0n) is 7.93. The minimum atomic E-state index is 0.723. The second-order valence-corrected chi connectivity index (χ2v) is 3.65. The highest BCUT2D eigenvalue weighted by atomic mass is 79.9. The van der Waals surface area contributed by atoms with Gasteiger partial charge in [-0.1, -0.05) is 12.1 Å². The van der Waals surface area contributed by atoms with Crippen molar-refractivity contribution in [3.8, 4) is 0 Å². The van der Waals surface area contributed by atoms with Gasteiger partial charge in [-0.3, -0.25) is 0 Å². The molecule has 0 aliphatic rings. The SMILES string of the molecule is COCCNc1cccc(C)c1Br. The maximum atomic E-state index is 4.96. The second kappa shape index (κ2) is 5.25. The summed E-state index contributed by atoms with van der Waals surface area (Å²) in [6, 6.07) is 6.16. The molecule has 1 N–H and O–H groups in total. The molecule has 2 nitrogen and oxygen atoms in total. The van der Waals surface area contributed by atoms with E-state index in [9.17, 15) is 0 Å². The van der Waals surface area contributed by atoms with Gasteiger partial charge in [0.1, 0.15) is 0 Å². The van der Waals surface area contributed by atoms with Gasteiger partial charge in [-0.15, -0.1) is 0 Å². The summed E-state index contributed by atoms with van der Waals surface area (Å²) in [5.74, 6) is 0. The summed E-state index contributed by atoms with van der Waals surface area (Å²) in [7, 11) is 1.70. The van der Waals surface area contributed by atoms with Crippen LogP contribution in [0.3, 0.4) is 0 Å². The van der Waals surface area contributed by atoms with Crippen LogP contribution >= 0.6 is 15.9 Å². The number of ether oxygens (including phenoxy) is 1. The molecule has 72 valence electrons. The highest BCUT2D eigenvalue weighted by Crippen LogP contribution is 2.25. The van der Waals surface area contributed by atoms with Crippen LogP contribution < -0.4 is 5.32 Å². The average Bonchev–Trinajstić information content (AvgIpc) is 2.13. The third-order valence-electron chi connectivity index (χ3n) is 1.81. The number of anilines is 1. The van der Waals surface area contributed by atoms with E-state index in [0.717, 1.165) is 23.3 Å². The molecule has 1 rings (SSSR count). The van der Waals surface area contributed by atoms with Crippen LogP contribution in [0.25, 0.3) is 0 Å². The maximum absolute atomic E-state index is 4.96. The Hall–Kier alpha value is -0.540. The van der Waals surface area contributed by atoms with Crippen molar-refractivity contribution in [2.24, 2.45) is 0 Å². The van der Waals surface area contributed by atoms with Gasteiger partial charge in [-0.2, -0.15) is 0 Å². The normalized spacial score (nSPS) is 10.1. The number of aryl methyl sites for hydroxylation is 1. The number of hydrogen-bond donors (Lipinski definition) is 1. The molecule has 0 spiro atoms.